The summed E-state index contributed by atoms with van der Waals surface area (Å²) >= 11 is 0. The van der Waals surface area contributed by atoms with Gasteiger partial charge in [0.2, 0.25) is 0 Å². The van der Waals surface area contributed by atoms with Gasteiger partial charge in [0, 0.05) is 6.54 Å². The fourth-order valence-corrected chi connectivity index (χ4v) is 2.80. The molecule has 4 nitrogen and oxygen atoms in total. The molecular formula is C18H28N2O2. The Bertz CT molecular complexity index is 480. The molecule has 0 aromatic heterocycles. The molecule has 122 valence electrons. The van der Waals surface area contributed by atoms with Crippen LogP contribution in [0.2, 0.25) is 0 Å². The number of hydrogen-bond donors (Lipinski definition) is 3. The second-order valence-electron chi connectivity index (χ2n) is 6.77. The molecule has 3 N–H and O–H groups in total. The van der Waals surface area contributed by atoms with Gasteiger partial charge in [-0.2, -0.15) is 0 Å². The molecule has 1 fully saturated rings. The SMILES string of the molecule is Cc1ccc(C(NC(=O)NCC(C)CC(C)O)C2CC2)cc1. The van der Waals surface area contributed by atoms with Gasteiger partial charge in [0.05, 0.1) is 12.1 Å². The lowest BCUT2D eigenvalue weighted by Crippen LogP contribution is -2.40. The topological polar surface area (TPSA) is 61.4 Å². The molecule has 1 aromatic carbocycles. The number of benzene rings is 1. The highest BCUT2D eigenvalue weighted by atomic mass is 16.3. The van der Waals surface area contributed by atoms with E-state index in [1.165, 1.54) is 24.0 Å². The number of carbonyl (C=O) groups excluding carboxylic acids is 1. The van der Waals surface area contributed by atoms with E-state index in [-0.39, 0.29) is 24.1 Å². The first-order chi connectivity index (χ1) is 10.5. The quantitative estimate of drug-likeness (QED) is 0.724. The molecule has 0 radical (unpaired) electrons. The van der Waals surface area contributed by atoms with E-state index in [1.807, 2.05) is 6.92 Å². The van der Waals surface area contributed by atoms with Gasteiger partial charge in [0.1, 0.15) is 0 Å². The summed E-state index contributed by atoms with van der Waals surface area (Å²) in [5.41, 5.74) is 2.41. The average molecular weight is 304 g/mol. The van der Waals surface area contributed by atoms with E-state index in [1.54, 1.807) is 6.92 Å². The van der Waals surface area contributed by atoms with Crippen LogP contribution in [-0.2, 0) is 0 Å². The van der Waals surface area contributed by atoms with E-state index >= 15 is 0 Å². The third kappa shape index (κ3) is 5.34. The van der Waals surface area contributed by atoms with Gasteiger partial charge in [0.25, 0.3) is 0 Å². The second-order valence-corrected chi connectivity index (χ2v) is 6.77. The minimum atomic E-state index is -0.327. The van der Waals surface area contributed by atoms with Crippen molar-refractivity contribution in [2.45, 2.75) is 52.2 Å². The van der Waals surface area contributed by atoms with E-state index in [4.69, 9.17) is 0 Å². The van der Waals surface area contributed by atoms with Gasteiger partial charge in [-0.1, -0.05) is 36.8 Å². The average Bonchev–Trinajstić information content (AvgIpc) is 3.27. The summed E-state index contributed by atoms with van der Waals surface area (Å²) in [6.45, 7) is 6.46. The van der Waals surface area contributed by atoms with Crippen LogP contribution in [-0.4, -0.2) is 23.8 Å². The first-order valence-corrected chi connectivity index (χ1v) is 8.24. The Morgan fingerprint density at radius 3 is 2.45 bits per heavy atom. The van der Waals surface area contributed by atoms with Crippen molar-refractivity contribution in [3.63, 3.8) is 0 Å². The summed E-state index contributed by atoms with van der Waals surface area (Å²) in [6, 6.07) is 8.38. The summed E-state index contributed by atoms with van der Waals surface area (Å²) in [7, 11) is 0. The normalized spacial score (nSPS) is 18.4. The Labute approximate surface area is 133 Å². The minimum Gasteiger partial charge on any atom is -0.393 e. The Hall–Kier alpha value is -1.55. The van der Waals surface area contributed by atoms with Crippen molar-refractivity contribution in [2.24, 2.45) is 11.8 Å². The van der Waals surface area contributed by atoms with Crippen LogP contribution in [0.5, 0.6) is 0 Å². The zero-order valence-electron chi connectivity index (χ0n) is 13.8. The molecule has 4 heteroatoms. The van der Waals surface area contributed by atoms with Crippen LogP contribution >= 0.6 is 0 Å². The van der Waals surface area contributed by atoms with Crippen LogP contribution in [0.1, 0.15) is 50.3 Å². The highest BCUT2D eigenvalue weighted by molar-refractivity contribution is 5.74. The maximum atomic E-state index is 12.1. The second kappa shape index (κ2) is 7.63. The van der Waals surface area contributed by atoms with Crippen LogP contribution in [0.15, 0.2) is 24.3 Å². The van der Waals surface area contributed by atoms with Crippen molar-refractivity contribution in [1.82, 2.24) is 10.6 Å². The number of nitrogens with one attached hydrogen (secondary N) is 2. The lowest BCUT2D eigenvalue weighted by atomic mass is 10.0. The Balaban J connectivity index is 1.86. The first-order valence-electron chi connectivity index (χ1n) is 8.24. The monoisotopic (exact) mass is 304 g/mol. The Morgan fingerprint density at radius 2 is 1.91 bits per heavy atom. The molecule has 2 amide bonds. The zero-order valence-corrected chi connectivity index (χ0v) is 13.8. The fraction of sp³-hybridized carbons (Fsp3) is 0.611. The molecule has 22 heavy (non-hydrogen) atoms. The van der Waals surface area contributed by atoms with Crippen molar-refractivity contribution < 1.29 is 9.90 Å². The van der Waals surface area contributed by atoms with Gasteiger partial charge >= 0.3 is 6.03 Å². The number of carbonyl (C=O) groups is 1. The van der Waals surface area contributed by atoms with E-state index < -0.39 is 0 Å². The van der Waals surface area contributed by atoms with Gasteiger partial charge in [-0.3, -0.25) is 0 Å². The van der Waals surface area contributed by atoms with Crippen LogP contribution < -0.4 is 10.6 Å². The lowest BCUT2D eigenvalue weighted by molar-refractivity contribution is 0.163. The van der Waals surface area contributed by atoms with E-state index in [0.29, 0.717) is 18.9 Å². The number of amides is 2. The zero-order chi connectivity index (χ0) is 16.1. The van der Waals surface area contributed by atoms with Crippen LogP contribution in [0, 0.1) is 18.8 Å². The number of urea groups is 1. The van der Waals surface area contributed by atoms with E-state index in [0.717, 1.165) is 0 Å². The molecule has 1 saturated carbocycles. The molecule has 2 rings (SSSR count). The molecule has 3 unspecified atom stereocenters. The molecular weight excluding hydrogens is 276 g/mol. The highest BCUT2D eigenvalue weighted by Gasteiger charge is 2.33. The molecule has 0 bridgehead atoms. The third-order valence-electron chi connectivity index (χ3n) is 4.17. The standard InChI is InChI=1S/C18H28N2O2/c1-12-4-6-15(7-5-12)17(16-8-9-16)20-18(22)19-11-13(2)10-14(3)21/h4-7,13-14,16-17,21H,8-11H2,1-3H3,(H2,19,20,22). The van der Waals surface area contributed by atoms with Crippen molar-refractivity contribution in [2.75, 3.05) is 6.54 Å². The van der Waals surface area contributed by atoms with Crippen molar-refractivity contribution >= 4 is 6.03 Å². The smallest absolute Gasteiger partial charge is 0.315 e. The number of aliphatic hydroxyl groups excluding tert-OH is 1. The van der Waals surface area contributed by atoms with Crippen molar-refractivity contribution in [3.8, 4) is 0 Å². The Kier molecular flexibility index (Phi) is 5.83. The number of rotatable bonds is 7. The van der Waals surface area contributed by atoms with E-state index in [2.05, 4.69) is 41.8 Å². The number of aryl methyl sites for hydroxylation is 1. The van der Waals surface area contributed by atoms with Gasteiger partial charge < -0.3 is 15.7 Å². The molecule has 0 heterocycles. The van der Waals surface area contributed by atoms with Crippen LogP contribution in [0.4, 0.5) is 4.79 Å². The molecule has 0 saturated heterocycles. The lowest BCUT2D eigenvalue weighted by Gasteiger charge is -2.21. The van der Waals surface area contributed by atoms with Gasteiger partial charge in [-0.05, 0) is 50.5 Å². The van der Waals surface area contributed by atoms with Crippen molar-refractivity contribution in [1.29, 1.82) is 0 Å². The first kappa shape index (κ1) is 16.8. The summed E-state index contributed by atoms with van der Waals surface area (Å²) < 4.78 is 0. The van der Waals surface area contributed by atoms with Crippen molar-refractivity contribution in [3.05, 3.63) is 35.4 Å². The number of aliphatic hydroxyl groups is 1. The largest absolute Gasteiger partial charge is 0.393 e. The molecule has 0 spiro atoms. The maximum absolute atomic E-state index is 12.1. The summed E-state index contributed by atoms with van der Waals surface area (Å²) in [5.74, 6) is 0.827. The molecule has 3 atom stereocenters. The fourth-order valence-electron chi connectivity index (χ4n) is 2.80. The summed E-state index contributed by atoms with van der Waals surface area (Å²) in [5, 5.41) is 15.4. The van der Waals surface area contributed by atoms with Crippen LogP contribution in [0.25, 0.3) is 0 Å². The molecule has 1 aliphatic carbocycles. The highest BCUT2D eigenvalue weighted by Crippen LogP contribution is 2.40. The predicted octanol–water partition coefficient (Wildman–Crippen LogP) is 3.15. The number of hydrogen-bond acceptors (Lipinski definition) is 2. The van der Waals surface area contributed by atoms with E-state index in [9.17, 15) is 9.90 Å². The Morgan fingerprint density at radius 1 is 1.27 bits per heavy atom. The summed E-state index contributed by atoms with van der Waals surface area (Å²) in [6.07, 6.45) is 2.73. The predicted molar refractivity (Wildman–Crippen MR) is 88.6 cm³/mol. The minimum absolute atomic E-state index is 0.104. The molecule has 0 aliphatic heterocycles. The van der Waals surface area contributed by atoms with Gasteiger partial charge in [0.15, 0.2) is 0 Å². The summed E-state index contributed by atoms with van der Waals surface area (Å²) in [4.78, 5) is 12.1. The third-order valence-corrected chi connectivity index (χ3v) is 4.17. The maximum Gasteiger partial charge on any atom is 0.315 e. The van der Waals surface area contributed by atoms with Gasteiger partial charge in [-0.25, -0.2) is 4.79 Å². The molecule has 1 aliphatic rings. The molecule has 1 aromatic rings. The van der Waals surface area contributed by atoms with Crippen LogP contribution in [0.3, 0.4) is 0 Å². The van der Waals surface area contributed by atoms with Gasteiger partial charge in [-0.15, -0.1) is 0 Å².